The molecule has 3 nitrogen and oxygen atoms in total. The summed E-state index contributed by atoms with van der Waals surface area (Å²) in [7, 11) is 0. The Hall–Kier alpha value is -1.82. The van der Waals surface area contributed by atoms with Gasteiger partial charge in [-0.15, -0.1) is 0 Å². The van der Waals surface area contributed by atoms with Crippen LogP contribution >= 0.6 is 0 Å². The summed E-state index contributed by atoms with van der Waals surface area (Å²) in [4.78, 5) is 0. The molecule has 0 spiro atoms. The Morgan fingerprint density at radius 3 is 3.42 bits per heavy atom. The summed E-state index contributed by atoms with van der Waals surface area (Å²) in [5.74, 6) is 0. The van der Waals surface area contributed by atoms with Gasteiger partial charge in [-0.25, -0.2) is 0 Å². The predicted octanol–water partition coefficient (Wildman–Crippen LogP) is 1.36. The van der Waals surface area contributed by atoms with Crippen molar-refractivity contribution < 1.29 is 0 Å². The lowest BCUT2D eigenvalue weighted by Gasteiger charge is -1.93. The van der Waals surface area contributed by atoms with Gasteiger partial charge in [-0.1, -0.05) is 6.07 Å². The van der Waals surface area contributed by atoms with Crippen molar-refractivity contribution in [2.24, 2.45) is 0 Å². The van der Waals surface area contributed by atoms with Gasteiger partial charge in [0.2, 0.25) is 0 Å². The average Bonchev–Trinajstić information content (AvgIpc) is 2.50. The van der Waals surface area contributed by atoms with Gasteiger partial charge in [-0.05, 0) is 18.2 Å². The van der Waals surface area contributed by atoms with E-state index in [1.807, 2.05) is 18.2 Å². The third-order valence-corrected chi connectivity index (χ3v) is 1.71. The predicted molar refractivity (Wildman–Crippen MR) is 44.2 cm³/mol. The van der Waals surface area contributed by atoms with Crippen LogP contribution in [-0.2, 0) is 6.54 Å². The van der Waals surface area contributed by atoms with Crippen LogP contribution in [0.5, 0.6) is 0 Å². The third-order valence-electron chi connectivity index (χ3n) is 1.71. The topological polar surface area (TPSA) is 41.6 Å². The molecule has 0 amide bonds. The fraction of sp³-hybridized carbons (Fsp3) is 0.111. The minimum Gasteiger partial charge on any atom is -0.251 e. The lowest BCUT2D eigenvalue weighted by molar-refractivity contribution is 0.736. The van der Waals surface area contributed by atoms with Crippen molar-refractivity contribution in [3.05, 3.63) is 30.5 Å². The van der Waals surface area contributed by atoms with Crippen molar-refractivity contribution in [2.45, 2.75) is 6.54 Å². The summed E-state index contributed by atoms with van der Waals surface area (Å²) in [5.41, 5.74) is 0.982. The zero-order chi connectivity index (χ0) is 8.39. The highest BCUT2D eigenvalue weighted by atomic mass is 15.3. The number of hydrogen-bond acceptors (Lipinski definition) is 2. The van der Waals surface area contributed by atoms with Gasteiger partial charge in [0.25, 0.3) is 0 Å². The van der Waals surface area contributed by atoms with Crippen LogP contribution in [0.4, 0.5) is 0 Å². The lowest BCUT2D eigenvalue weighted by atomic mass is 10.3. The molecule has 0 aliphatic carbocycles. The van der Waals surface area contributed by atoms with E-state index in [9.17, 15) is 0 Å². The van der Waals surface area contributed by atoms with E-state index in [2.05, 4.69) is 17.2 Å². The minimum atomic E-state index is 0.299. The van der Waals surface area contributed by atoms with E-state index in [0.29, 0.717) is 6.54 Å². The van der Waals surface area contributed by atoms with Gasteiger partial charge in [-0.2, -0.15) is 10.4 Å². The van der Waals surface area contributed by atoms with Crippen LogP contribution in [0.2, 0.25) is 0 Å². The van der Waals surface area contributed by atoms with Crippen LogP contribution in [0.25, 0.3) is 10.9 Å². The van der Waals surface area contributed by atoms with Gasteiger partial charge in [0.05, 0.1) is 17.8 Å². The number of aromatic nitrogens is 2. The fourth-order valence-corrected chi connectivity index (χ4v) is 1.16. The number of nitrogens with zero attached hydrogens (tertiary/aromatic N) is 3. The van der Waals surface area contributed by atoms with E-state index >= 15 is 0 Å². The Morgan fingerprint density at radius 1 is 1.67 bits per heavy atom. The van der Waals surface area contributed by atoms with E-state index in [1.54, 1.807) is 10.9 Å². The van der Waals surface area contributed by atoms with Crippen LogP contribution in [0.1, 0.15) is 0 Å². The Balaban J connectivity index is 2.64. The first kappa shape index (κ1) is 6.86. The number of hydrogen-bond donors (Lipinski definition) is 0. The van der Waals surface area contributed by atoms with Crippen LogP contribution < -0.4 is 0 Å². The number of benzene rings is 1. The largest absolute Gasteiger partial charge is 0.251 e. The molecule has 1 aromatic heterocycles. The Kier molecular flexibility index (Phi) is 1.52. The van der Waals surface area contributed by atoms with Crippen molar-refractivity contribution in [1.29, 1.82) is 5.26 Å². The molecule has 0 unspecified atom stereocenters. The second-order valence-corrected chi connectivity index (χ2v) is 2.45. The summed E-state index contributed by atoms with van der Waals surface area (Å²) in [6.45, 7) is 0.299. The monoisotopic (exact) mass is 156 g/mol. The highest BCUT2D eigenvalue weighted by molar-refractivity contribution is 5.78. The Bertz CT molecular complexity index is 436. The quantitative estimate of drug-likeness (QED) is 0.625. The Morgan fingerprint density at radius 2 is 2.58 bits per heavy atom. The van der Waals surface area contributed by atoms with Crippen molar-refractivity contribution in [3.63, 3.8) is 0 Å². The zero-order valence-electron chi connectivity index (χ0n) is 6.36. The maximum atomic E-state index is 8.48. The smallest absolute Gasteiger partial charge is 0.128 e. The van der Waals surface area contributed by atoms with Crippen LogP contribution in [0.3, 0.4) is 0 Å². The molecule has 3 heteroatoms. The molecule has 2 aromatic rings. The molecule has 0 aliphatic heterocycles. The molecule has 1 heterocycles. The fourth-order valence-electron chi connectivity index (χ4n) is 1.16. The molecule has 12 heavy (non-hydrogen) atoms. The van der Waals surface area contributed by atoms with E-state index in [-0.39, 0.29) is 0 Å². The molecule has 0 fully saturated rings. The molecule has 0 saturated heterocycles. The first-order chi connectivity index (χ1) is 5.92. The average molecular weight is 156 g/mol. The Labute approximate surface area is 69.8 Å². The summed E-state index contributed by atoms with van der Waals surface area (Å²) in [6, 6.07) is 10.6. The molecular formula is C9H6N3. The lowest BCUT2D eigenvalue weighted by Crippen LogP contribution is -1.96. The van der Waals surface area contributed by atoms with E-state index in [0.717, 1.165) is 10.9 Å². The first-order valence-corrected chi connectivity index (χ1v) is 3.60. The van der Waals surface area contributed by atoms with E-state index in [4.69, 9.17) is 5.26 Å². The molecule has 1 aromatic carbocycles. The highest BCUT2D eigenvalue weighted by Gasteiger charge is 1.98. The standard InChI is InChI=1S/C9H6N3/c10-5-6-12-9-4-2-1-3-8(9)7-11-12/h2-4,7H,6H2. The van der Waals surface area contributed by atoms with Crippen LogP contribution in [0.15, 0.2) is 24.4 Å². The van der Waals surface area contributed by atoms with Crippen LogP contribution in [-0.4, -0.2) is 9.78 Å². The van der Waals surface area contributed by atoms with Gasteiger partial charge in [0.1, 0.15) is 6.54 Å². The molecule has 0 bridgehead atoms. The van der Waals surface area contributed by atoms with Gasteiger partial charge in [0, 0.05) is 5.39 Å². The van der Waals surface area contributed by atoms with Crippen molar-refractivity contribution in [1.82, 2.24) is 9.78 Å². The molecule has 57 valence electrons. The zero-order valence-corrected chi connectivity index (χ0v) is 6.36. The summed E-state index contributed by atoms with van der Waals surface area (Å²) < 4.78 is 1.67. The van der Waals surface area contributed by atoms with Gasteiger partial charge >= 0.3 is 0 Å². The maximum absolute atomic E-state index is 8.48. The maximum Gasteiger partial charge on any atom is 0.128 e. The minimum absolute atomic E-state index is 0.299. The molecule has 0 atom stereocenters. The molecular weight excluding hydrogens is 150 g/mol. The molecule has 0 aliphatic rings. The SMILES string of the molecule is N#CCn1ncc2c[c]ccc21. The summed E-state index contributed by atoms with van der Waals surface area (Å²) in [6.07, 6.45) is 1.74. The van der Waals surface area contributed by atoms with Gasteiger partial charge in [-0.3, -0.25) is 4.68 Å². The van der Waals surface area contributed by atoms with Gasteiger partial charge in [0.15, 0.2) is 0 Å². The van der Waals surface area contributed by atoms with Crippen molar-refractivity contribution >= 4 is 10.9 Å². The second kappa shape index (κ2) is 2.67. The third kappa shape index (κ3) is 0.940. The highest BCUT2D eigenvalue weighted by Crippen LogP contribution is 2.11. The van der Waals surface area contributed by atoms with E-state index in [1.165, 1.54) is 0 Å². The number of nitriles is 1. The molecule has 2 rings (SSSR count). The second-order valence-electron chi connectivity index (χ2n) is 2.45. The first-order valence-electron chi connectivity index (χ1n) is 3.60. The van der Waals surface area contributed by atoms with E-state index < -0.39 is 0 Å². The molecule has 1 radical (unpaired) electrons. The number of fused-ring (bicyclic) bond motifs is 1. The molecule has 0 N–H and O–H groups in total. The van der Waals surface area contributed by atoms with Crippen LogP contribution in [0, 0.1) is 17.4 Å². The summed E-state index contributed by atoms with van der Waals surface area (Å²) in [5, 5.41) is 13.6. The van der Waals surface area contributed by atoms with Crippen molar-refractivity contribution in [3.8, 4) is 6.07 Å². The summed E-state index contributed by atoms with van der Waals surface area (Å²) >= 11 is 0. The van der Waals surface area contributed by atoms with Crippen molar-refractivity contribution in [2.75, 3.05) is 0 Å². The molecule has 0 saturated carbocycles. The normalized spacial score (nSPS) is 9.92. The van der Waals surface area contributed by atoms with Gasteiger partial charge < -0.3 is 0 Å². The number of rotatable bonds is 1.